The van der Waals surface area contributed by atoms with Gasteiger partial charge < -0.3 is 5.73 Å². The Hall–Kier alpha value is -1.38. The van der Waals surface area contributed by atoms with E-state index >= 15 is 0 Å². The lowest BCUT2D eigenvalue weighted by atomic mass is 9.97. The minimum atomic E-state index is -0.398. The van der Waals surface area contributed by atoms with Crippen molar-refractivity contribution in [3.05, 3.63) is 69.5 Å². The predicted molar refractivity (Wildman–Crippen MR) is 78.0 cm³/mol. The van der Waals surface area contributed by atoms with Crippen molar-refractivity contribution < 1.29 is 4.39 Å². The van der Waals surface area contributed by atoms with Crippen molar-refractivity contribution in [2.24, 2.45) is 5.73 Å². The van der Waals surface area contributed by atoms with Gasteiger partial charge in [-0.15, -0.1) is 0 Å². The molecular weight excluding hydrogens is 261 g/mol. The molecule has 1 nitrogen and oxygen atoms in total. The minimum Gasteiger partial charge on any atom is -0.324 e. The van der Waals surface area contributed by atoms with Crippen molar-refractivity contribution >= 4 is 11.6 Å². The highest BCUT2D eigenvalue weighted by Crippen LogP contribution is 2.22. The first-order chi connectivity index (χ1) is 8.95. The number of aryl methyl sites for hydroxylation is 2. The van der Waals surface area contributed by atoms with E-state index in [4.69, 9.17) is 17.3 Å². The standard InChI is InChI=1S/C16H17ClFN/c1-10-5-11(2)7-13(6-10)16(19)9-12-3-4-15(18)14(17)8-12/h3-8,16H,9,19H2,1-2H3. The van der Waals surface area contributed by atoms with Crippen molar-refractivity contribution in [3.8, 4) is 0 Å². The molecule has 0 spiro atoms. The summed E-state index contributed by atoms with van der Waals surface area (Å²) in [5.41, 5.74) is 10.6. The first-order valence-electron chi connectivity index (χ1n) is 6.23. The average Bonchev–Trinajstić information content (AvgIpc) is 2.32. The van der Waals surface area contributed by atoms with Gasteiger partial charge in [0.15, 0.2) is 0 Å². The maximum Gasteiger partial charge on any atom is 0.141 e. The number of rotatable bonds is 3. The monoisotopic (exact) mass is 277 g/mol. The number of halogens is 2. The van der Waals surface area contributed by atoms with Crippen LogP contribution in [0.4, 0.5) is 4.39 Å². The quantitative estimate of drug-likeness (QED) is 0.887. The van der Waals surface area contributed by atoms with Gasteiger partial charge in [-0.05, 0) is 43.5 Å². The lowest BCUT2D eigenvalue weighted by molar-refractivity contribution is 0.626. The largest absolute Gasteiger partial charge is 0.324 e. The Morgan fingerprint density at radius 3 is 2.32 bits per heavy atom. The van der Waals surface area contributed by atoms with Crippen LogP contribution in [0, 0.1) is 19.7 Å². The molecule has 0 heterocycles. The number of hydrogen-bond donors (Lipinski definition) is 1. The molecule has 19 heavy (non-hydrogen) atoms. The molecule has 0 aliphatic carbocycles. The lowest BCUT2D eigenvalue weighted by Crippen LogP contribution is -2.13. The summed E-state index contributed by atoms with van der Waals surface area (Å²) in [5, 5.41) is 0.144. The summed E-state index contributed by atoms with van der Waals surface area (Å²) in [4.78, 5) is 0. The number of benzene rings is 2. The average molecular weight is 278 g/mol. The lowest BCUT2D eigenvalue weighted by Gasteiger charge is -2.14. The molecule has 0 aliphatic rings. The molecule has 0 amide bonds. The molecule has 0 saturated heterocycles. The Morgan fingerprint density at radius 2 is 1.74 bits per heavy atom. The zero-order chi connectivity index (χ0) is 14.0. The van der Waals surface area contributed by atoms with E-state index < -0.39 is 5.82 Å². The van der Waals surface area contributed by atoms with Crippen LogP contribution in [0.25, 0.3) is 0 Å². The van der Waals surface area contributed by atoms with Gasteiger partial charge in [-0.25, -0.2) is 4.39 Å². The van der Waals surface area contributed by atoms with Gasteiger partial charge in [-0.3, -0.25) is 0 Å². The van der Waals surface area contributed by atoms with E-state index in [9.17, 15) is 4.39 Å². The number of hydrogen-bond acceptors (Lipinski definition) is 1. The van der Waals surface area contributed by atoms with Crippen LogP contribution in [-0.4, -0.2) is 0 Å². The van der Waals surface area contributed by atoms with E-state index in [1.165, 1.54) is 17.2 Å². The van der Waals surface area contributed by atoms with Crippen LogP contribution in [0.3, 0.4) is 0 Å². The fourth-order valence-corrected chi connectivity index (χ4v) is 2.47. The topological polar surface area (TPSA) is 26.0 Å². The molecule has 1 unspecified atom stereocenters. The smallest absolute Gasteiger partial charge is 0.141 e. The minimum absolute atomic E-state index is 0.111. The molecule has 0 aromatic heterocycles. The second-order valence-corrected chi connectivity index (χ2v) is 5.39. The first kappa shape index (κ1) is 14.0. The van der Waals surface area contributed by atoms with E-state index in [1.807, 2.05) is 0 Å². The van der Waals surface area contributed by atoms with Crippen molar-refractivity contribution in [1.29, 1.82) is 0 Å². The zero-order valence-corrected chi connectivity index (χ0v) is 11.8. The third-order valence-electron chi connectivity index (χ3n) is 3.11. The summed E-state index contributed by atoms with van der Waals surface area (Å²) in [7, 11) is 0. The maximum atomic E-state index is 13.1. The van der Waals surface area contributed by atoms with E-state index in [1.54, 1.807) is 12.1 Å². The maximum absolute atomic E-state index is 13.1. The fraction of sp³-hybridized carbons (Fsp3) is 0.250. The number of nitrogens with two attached hydrogens (primary N) is 1. The molecule has 3 heteroatoms. The molecular formula is C16H17ClFN. The van der Waals surface area contributed by atoms with Gasteiger partial charge in [0.05, 0.1) is 5.02 Å². The highest BCUT2D eigenvalue weighted by Gasteiger charge is 2.09. The van der Waals surface area contributed by atoms with Gasteiger partial charge in [0.2, 0.25) is 0 Å². The van der Waals surface area contributed by atoms with Crippen LogP contribution < -0.4 is 5.73 Å². The van der Waals surface area contributed by atoms with Crippen LogP contribution >= 0.6 is 11.6 Å². The summed E-state index contributed by atoms with van der Waals surface area (Å²) in [6, 6.07) is 10.9. The summed E-state index contributed by atoms with van der Waals surface area (Å²) < 4.78 is 13.1. The Morgan fingerprint density at radius 1 is 1.11 bits per heavy atom. The summed E-state index contributed by atoms with van der Waals surface area (Å²) in [6.07, 6.45) is 0.642. The Balaban J connectivity index is 2.20. The van der Waals surface area contributed by atoms with Crippen LogP contribution in [0.2, 0.25) is 5.02 Å². The highest BCUT2D eigenvalue weighted by molar-refractivity contribution is 6.30. The fourth-order valence-electron chi connectivity index (χ4n) is 2.26. The molecule has 2 aromatic rings. The van der Waals surface area contributed by atoms with Gasteiger partial charge in [0.1, 0.15) is 5.82 Å². The molecule has 0 fully saturated rings. The van der Waals surface area contributed by atoms with Crippen molar-refractivity contribution in [2.75, 3.05) is 0 Å². The third kappa shape index (κ3) is 3.55. The van der Waals surface area contributed by atoms with Crippen molar-refractivity contribution in [2.45, 2.75) is 26.3 Å². The van der Waals surface area contributed by atoms with Gasteiger partial charge in [0.25, 0.3) is 0 Å². The van der Waals surface area contributed by atoms with Crippen LogP contribution in [-0.2, 0) is 6.42 Å². The summed E-state index contributed by atoms with van der Waals surface area (Å²) >= 11 is 5.78. The SMILES string of the molecule is Cc1cc(C)cc(C(N)Cc2ccc(F)c(Cl)c2)c1. The molecule has 0 aliphatic heterocycles. The van der Waals surface area contributed by atoms with E-state index in [2.05, 4.69) is 32.0 Å². The van der Waals surface area contributed by atoms with E-state index in [0.717, 1.165) is 11.1 Å². The zero-order valence-electron chi connectivity index (χ0n) is 11.1. The molecule has 1 atom stereocenters. The molecule has 0 radical (unpaired) electrons. The van der Waals surface area contributed by atoms with E-state index in [-0.39, 0.29) is 11.1 Å². The predicted octanol–water partition coefficient (Wildman–Crippen LogP) is 4.34. The Labute approximate surface area is 118 Å². The molecule has 2 rings (SSSR count). The third-order valence-corrected chi connectivity index (χ3v) is 3.40. The Kier molecular flexibility index (Phi) is 4.23. The van der Waals surface area contributed by atoms with Crippen LogP contribution in [0.15, 0.2) is 36.4 Å². The first-order valence-corrected chi connectivity index (χ1v) is 6.61. The van der Waals surface area contributed by atoms with Crippen molar-refractivity contribution in [1.82, 2.24) is 0 Å². The molecule has 2 aromatic carbocycles. The second-order valence-electron chi connectivity index (χ2n) is 4.98. The van der Waals surface area contributed by atoms with Gasteiger partial charge in [-0.1, -0.05) is 47.0 Å². The van der Waals surface area contributed by atoms with Crippen molar-refractivity contribution in [3.63, 3.8) is 0 Å². The Bertz CT molecular complexity index is 575. The highest BCUT2D eigenvalue weighted by atomic mass is 35.5. The van der Waals surface area contributed by atoms with Crippen LogP contribution in [0.5, 0.6) is 0 Å². The van der Waals surface area contributed by atoms with Gasteiger partial charge in [0, 0.05) is 6.04 Å². The molecule has 0 saturated carbocycles. The molecule has 2 N–H and O–H groups in total. The molecule has 0 bridgehead atoms. The second kappa shape index (κ2) is 5.72. The van der Waals surface area contributed by atoms with E-state index in [0.29, 0.717) is 6.42 Å². The summed E-state index contributed by atoms with van der Waals surface area (Å²) in [5.74, 6) is -0.398. The normalized spacial score (nSPS) is 12.5. The van der Waals surface area contributed by atoms with Gasteiger partial charge >= 0.3 is 0 Å². The van der Waals surface area contributed by atoms with Crippen LogP contribution in [0.1, 0.15) is 28.3 Å². The van der Waals surface area contributed by atoms with Gasteiger partial charge in [-0.2, -0.15) is 0 Å². The summed E-state index contributed by atoms with van der Waals surface area (Å²) in [6.45, 7) is 4.11. The molecule has 100 valence electrons.